The second-order valence-corrected chi connectivity index (χ2v) is 6.66. The Morgan fingerprint density at radius 2 is 1.95 bits per heavy atom. The Morgan fingerprint density at radius 3 is 2.52 bits per heavy atom. The van der Waals surface area contributed by atoms with Crippen LogP contribution in [-0.4, -0.2) is 30.3 Å². The number of nitrogens with one attached hydrogen (secondary N) is 1. The molecule has 21 heavy (non-hydrogen) atoms. The van der Waals surface area contributed by atoms with Crippen LogP contribution in [0.5, 0.6) is 0 Å². The molecule has 0 aliphatic rings. The highest BCUT2D eigenvalue weighted by Crippen LogP contribution is 2.18. The Hall–Kier alpha value is -1.40. The van der Waals surface area contributed by atoms with Gasteiger partial charge in [-0.1, -0.05) is 16.8 Å². The molecule has 2 aromatic heterocycles. The van der Waals surface area contributed by atoms with Crippen molar-refractivity contribution in [1.82, 2.24) is 30.1 Å². The molecular weight excluding hydrogens is 288 g/mol. The molecule has 6 nitrogen and oxygen atoms in total. The smallest absolute Gasteiger partial charge is 0.0965 e. The number of hydrogen-bond donors (Lipinski definition) is 1. The molecule has 0 aliphatic heterocycles. The van der Waals surface area contributed by atoms with E-state index in [0.29, 0.717) is 0 Å². The van der Waals surface area contributed by atoms with Crippen LogP contribution in [0.15, 0.2) is 6.20 Å². The lowest BCUT2D eigenvalue weighted by atomic mass is 10.1. The van der Waals surface area contributed by atoms with E-state index in [4.69, 9.17) is 11.6 Å². The molecular formula is C14H23ClN6. The van der Waals surface area contributed by atoms with Crippen LogP contribution in [0.4, 0.5) is 0 Å². The minimum atomic E-state index is 0.0736. The fraction of sp³-hybridized carbons (Fsp3) is 0.643. The van der Waals surface area contributed by atoms with Gasteiger partial charge in [-0.3, -0.25) is 9.36 Å². The van der Waals surface area contributed by atoms with Crippen molar-refractivity contribution in [2.75, 3.05) is 0 Å². The highest BCUT2D eigenvalue weighted by molar-refractivity contribution is 6.31. The van der Waals surface area contributed by atoms with Gasteiger partial charge in [-0.15, -0.1) is 5.10 Å². The van der Waals surface area contributed by atoms with E-state index in [1.54, 1.807) is 0 Å². The van der Waals surface area contributed by atoms with Crippen molar-refractivity contribution in [3.05, 3.63) is 28.3 Å². The van der Waals surface area contributed by atoms with Gasteiger partial charge in [-0.2, -0.15) is 5.10 Å². The van der Waals surface area contributed by atoms with Crippen molar-refractivity contribution >= 4 is 11.6 Å². The molecule has 0 aromatic carbocycles. The topological polar surface area (TPSA) is 60.6 Å². The van der Waals surface area contributed by atoms with Gasteiger partial charge in [0.1, 0.15) is 0 Å². The SMILES string of the molecule is Cc1nn(CCn2cc(CNC(C)(C)C)nn2)c(C)c1Cl. The zero-order valence-electron chi connectivity index (χ0n) is 13.3. The van der Waals surface area contributed by atoms with Crippen molar-refractivity contribution in [1.29, 1.82) is 0 Å². The van der Waals surface area contributed by atoms with Gasteiger partial charge in [0, 0.05) is 18.3 Å². The maximum atomic E-state index is 6.14. The lowest BCUT2D eigenvalue weighted by Crippen LogP contribution is -2.35. The van der Waals surface area contributed by atoms with E-state index in [1.165, 1.54) is 0 Å². The Labute approximate surface area is 130 Å². The van der Waals surface area contributed by atoms with Crippen molar-refractivity contribution in [2.45, 2.75) is 59.8 Å². The fourth-order valence-corrected chi connectivity index (χ4v) is 2.11. The number of aromatic nitrogens is 5. The molecule has 0 unspecified atom stereocenters. The summed E-state index contributed by atoms with van der Waals surface area (Å²) < 4.78 is 3.75. The normalized spacial score (nSPS) is 12.1. The van der Waals surface area contributed by atoms with Gasteiger partial charge >= 0.3 is 0 Å². The first kappa shape index (κ1) is 16.0. The number of aryl methyl sites for hydroxylation is 3. The zero-order chi connectivity index (χ0) is 15.6. The van der Waals surface area contributed by atoms with Gasteiger partial charge < -0.3 is 5.32 Å². The molecule has 0 bridgehead atoms. The zero-order valence-corrected chi connectivity index (χ0v) is 14.1. The molecule has 1 N–H and O–H groups in total. The molecule has 2 heterocycles. The minimum Gasteiger partial charge on any atom is -0.306 e. The predicted molar refractivity (Wildman–Crippen MR) is 83.3 cm³/mol. The molecule has 0 spiro atoms. The van der Waals surface area contributed by atoms with E-state index in [9.17, 15) is 0 Å². The van der Waals surface area contributed by atoms with Crippen LogP contribution in [0.25, 0.3) is 0 Å². The van der Waals surface area contributed by atoms with E-state index >= 15 is 0 Å². The van der Waals surface area contributed by atoms with E-state index in [-0.39, 0.29) is 5.54 Å². The molecule has 0 saturated heterocycles. The van der Waals surface area contributed by atoms with Crippen LogP contribution in [0.2, 0.25) is 5.02 Å². The first-order valence-corrected chi connectivity index (χ1v) is 7.47. The largest absolute Gasteiger partial charge is 0.306 e. The van der Waals surface area contributed by atoms with E-state index in [0.717, 1.165) is 41.7 Å². The summed E-state index contributed by atoms with van der Waals surface area (Å²) in [7, 11) is 0. The van der Waals surface area contributed by atoms with Gasteiger partial charge in [-0.25, -0.2) is 0 Å². The highest BCUT2D eigenvalue weighted by Gasteiger charge is 2.11. The van der Waals surface area contributed by atoms with Gasteiger partial charge in [0.2, 0.25) is 0 Å². The Kier molecular flexibility index (Phi) is 4.68. The van der Waals surface area contributed by atoms with E-state index in [1.807, 2.05) is 29.4 Å². The summed E-state index contributed by atoms with van der Waals surface area (Å²) in [5, 5.41) is 16.9. The van der Waals surface area contributed by atoms with Crippen LogP contribution >= 0.6 is 11.6 Å². The third-order valence-electron chi connectivity index (χ3n) is 3.22. The fourth-order valence-electron chi connectivity index (χ4n) is 1.97. The van der Waals surface area contributed by atoms with Crippen molar-refractivity contribution in [3.8, 4) is 0 Å². The molecule has 0 radical (unpaired) electrons. The van der Waals surface area contributed by atoms with Gasteiger partial charge in [0.05, 0.1) is 35.2 Å². The third kappa shape index (κ3) is 4.28. The van der Waals surface area contributed by atoms with Crippen LogP contribution in [0.1, 0.15) is 37.9 Å². The maximum Gasteiger partial charge on any atom is 0.0965 e. The monoisotopic (exact) mass is 310 g/mol. The van der Waals surface area contributed by atoms with Gasteiger partial charge in [0.25, 0.3) is 0 Å². The number of hydrogen-bond acceptors (Lipinski definition) is 4. The predicted octanol–water partition coefficient (Wildman–Crippen LogP) is 2.33. The minimum absolute atomic E-state index is 0.0736. The van der Waals surface area contributed by atoms with Crippen LogP contribution in [0, 0.1) is 13.8 Å². The number of nitrogens with zero attached hydrogens (tertiary/aromatic N) is 5. The lowest BCUT2D eigenvalue weighted by Gasteiger charge is -2.19. The number of halogens is 1. The van der Waals surface area contributed by atoms with Crippen molar-refractivity contribution in [2.24, 2.45) is 0 Å². The van der Waals surface area contributed by atoms with Crippen molar-refractivity contribution < 1.29 is 0 Å². The average Bonchev–Trinajstić information content (AvgIpc) is 2.94. The van der Waals surface area contributed by atoms with E-state index < -0.39 is 0 Å². The molecule has 0 atom stereocenters. The highest BCUT2D eigenvalue weighted by atomic mass is 35.5. The molecule has 7 heteroatoms. The summed E-state index contributed by atoms with van der Waals surface area (Å²) in [6.07, 6.45) is 1.96. The molecule has 0 aliphatic carbocycles. The van der Waals surface area contributed by atoms with E-state index in [2.05, 4.69) is 41.5 Å². The molecule has 116 valence electrons. The first-order valence-electron chi connectivity index (χ1n) is 7.10. The first-order chi connectivity index (χ1) is 9.76. The molecule has 0 fully saturated rings. The summed E-state index contributed by atoms with van der Waals surface area (Å²) in [4.78, 5) is 0. The summed E-state index contributed by atoms with van der Waals surface area (Å²) in [6.45, 7) is 12.4. The van der Waals surface area contributed by atoms with Crippen LogP contribution < -0.4 is 5.32 Å². The summed E-state index contributed by atoms with van der Waals surface area (Å²) in [6, 6.07) is 0. The lowest BCUT2D eigenvalue weighted by molar-refractivity contribution is 0.421. The van der Waals surface area contributed by atoms with Crippen LogP contribution in [0.3, 0.4) is 0 Å². The molecule has 2 aromatic rings. The maximum absolute atomic E-state index is 6.14. The van der Waals surface area contributed by atoms with Crippen LogP contribution in [-0.2, 0) is 19.6 Å². The standard InChI is InChI=1S/C14H23ClN6/c1-10-13(15)11(2)21(18-10)7-6-20-9-12(17-19-20)8-16-14(3,4)5/h9,16H,6-8H2,1-5H3. The third-order valence-corrected chi connectivity index (χ3v) is 3.77. The molecule has 2 rings (SSSR count). The second-order valence-electron chi connectivity index (χ2n) is 6.28. The average molecular weight is 311 g/mol. The quantitative estimate of drug-likeness (QED) is 0.921. The summed E-state index contributed by atoms with van der Waals surface area (Å²) >= 11 is 6.14. The second kappa shape index (κ2) is 6.15. The van der Waals surface area contributed by atoms with Crippen molar-refractivity contribution in [3.63, 3.8) is 0 Å². The summed E-state index contributed by atoms with van der Waals surface area (Å²) in [5.74, 6) is 0. The van der Waals surface area contributed by atoms with Gasteiger partial charge in [0.15, 0.2) is 0 Å². The summed E-state index contributed by atoms with van der Waals surface area (Å²) in [5.41, 5.74) is 2.87. The molecule has 0 saturated carbocycles. The van der Waals surface area contributed by atoms with Gasteiger partial charge in [-0.05, 0) is 34.6 Å². The Balaban J connectivity index is 1.92. The Morgan fingerprint density at radius 1 is 1.24 bits per heavy atom. The molecule has 0 amide bonds. The number of rotatable bonds is 5. The Bertz CT molecular complexity index is 607.